The van der Waals surface area contributed by atoms with Crippen molar-refractivity contribution in [3.05, 3.63) is 0 Å². The zero-order valence-electron chi connectivity index (χ0n) is 11.0. The summed E-state index contributed by atoms with van der Waals surface area (Å²) in [6.45, 7) is 2.46. The highest BCUT2D eigenvalue weighted by molar-refractivity contribution is 8.04. The summed E-state index contributed by atoms with van der Waals surface area (Å²) in [6, 6.07) is 0. The van der Waals surface area contributed by atoms with Gasteiger partial charge in [0.2, 0.25) is 11.8 Å². The molecule has 0 bridgehead atoms. The summed E-state index contributed by atoms with van der Waals surface area (Å²) in [6.07, 6.45) is 4.73. The summed E-state index contributed by atoms with van der Waals surface area (Å²) in [5, 5.41) is 10.4. The van der Waals surface area contributed by atoms with Gasteiger partial charge in [-0.15, -0.1) is 0 Å². The number of thioether (sulfide) groups is 1. The second-order valence-electron chi connectivity index (χ2n) is 5.04. The third-order valence-corrected chi connectivity index (χ3v) is 4.54. The molecule has 2 rings (SSSR count). The SMILES string of the molecule is N#CSC1CCCCN(CC(=O)N2CCCC2)C1=O. The maximum Gasteiger partial charge on any atom is 0.242 e. The fourth-order valence-electron chi connectivity index (χ4n) is 2.63. The molecule has 0 saturated carbocycles. The van der Waals surface area contributed by atoms with Gasteiger partial charge in [-0.1, -0.05) is 6.42 Å². The summed E-state index contributed by atoms with van der Waals surface area (Å²) in [4.78, 5) is 27.8. The lowest BCUT2D eigenvalue weighted by atomic mass is 10.2. The van der Waals surface area contributed by atoms with Crippen molar-refractivity contribution in [3.8, 4) is 5.40 Å². The van der Waals surface area contributed by atoms with Crippen molar-refractivity contribution in [1.29, 1.82) is 5.26 Å². The predicted molar refractivity (Wildman–Crippen MR) is 73.2 cm³/mol. The van der Waals surface area contributed by atoms with Crippen molar-refractivity contribution in [3.63, 3.8) is 0 Å². The van der Waals surface area contributed by atoms with Crippen molar-refractivity contribution in [2.45, 2.75) is 37.4 Å². The van der Waals surface area contributed by atoms with Crippen LogP contribution in [0, 0.1) is 10.7 Å². The molecule has 2 heterocycles. The molecule has 2 saturated heterocycles. The van der Waals surface area contributed by atoms with E-state index in [1.807, 2.05) is 10.3 Å². The van der Waals surface area contributed by atoms with Gasteiger partial charge in [0, 0.05) is 19.6 Å². The Bertz CT molecular complexity index is 388. The molecule has 2 aliphatic rings. The molecule has 0 spiro atoms. The molecule has 5 nitrogen and oxygen atoms in total. The largest absolute Gasteiger partial charge is 0.341 e. The Morgan fingerprint density at radius 3 is 2.63 bits per heavy atom. The number of thiocyanates is 1. The fraction of sp³-hybridized carbons (Fsp3) is 0.769. The van der Waals surface area contributed by atoms with Gasteiger partial charge in [-0.2, -0.15) is 5.26 Å². The Hall–Kier alpha value is -1.22. The predicted octanol–water partition coefficient (Wildman–Crippen LogP) is 1.20. The molecule has 0 aromatic heterocycles. The Morgan fingerprint density at radius 1 is 1.26 bits per heavy atom. The van der Waals surface area contributed by atoms with Gasteiger partial charge in [-0.3, -0.25) is 9.59 Å². The summed E-state index contributed by atoms with van der Waals surface area (Å²) in [7, 11) is 0. The highest BCUT2D eigenvalue weighted by atomic mass is 32.2. The van der Waals surface area contributed by atoms with Gasteiger partial charge in [-0.05, 0) is 37.4 Å². The van der Waals surface area contributed by atoms with Crippen molar-refractivity contribution in [1.82, 2.24) is 9.80 Å². The van der Waals surface area contributed by atoms with Crippen LogP contribution in [0.1, 0.15) is 32.1 Å². The highest BCUT2D eigenvalue weighted by Gasteiger charge is 2.30. The van der Waals surface area contributed by atoms with E-state index in [4.69, 9.17) is 5.26 Å². The maximum absolute atomic E-state index is 12.3. The lowest BCUT2D eigenvalue weighted by molar-refractivity contribution is -0.139. The van der Waals surface area contributed by atoms with E-state index in [-0.39, 0.29) is 23.6 Å². The van der Waals surface area contributed by atoms with Crippen LogP contribution < -0.4 is 0 Å². The number of rotatable bonds is 3. The molecule has 0 aromatic carbocycles. The standard InChI is InChI=1S/C13H19N3O2S/c14-10-19-11-5-1-2-8-16(13(11)18)9-12(17)15-6-3-4-7-15/h11H,1-9H2. The minimum atomic E-state index is -0.293. The molecule has 19 heavy (non-hydrogen) atoms. The molecular formula is C13H19N3O2S. The molecule has 2 fully saturated rings. The molecule has 1 atom stereocenters. The van der Waals surface area contributed by atoms with Crippen LogP contribution >= 0.6 is 11.8 Å². The molecule has 104 valence electrons. The van der Waals surface area contributed by atoms with E-state index in [9.17, 15) is 9.59 Å². The molecule has 0 N–H and O–H groups in total. The van der Waals surface area contributed by atoms with Crippen molar-refractivity contribution >= 4 is 23.6 Å². The number of likely N-dealkylation sites (tertiary alicyclic amines) is 2. The van der Waals surface area contributed by atoms with E-state index in [0.29, 0.717) is 6.54 Å². The van der Waals surface area contributed by atoms with E-state index < -0.39 is 0 Å². The normalized spacial score (nSPS) is 24.2. The first-order valence-corrected chi connectivity index (χ1v) is 7.71. The zero-order valence-corrected chi connectivity index (χ0v) is 11.8. The first-order chi connectivity index (χ1) is 9.22. The summed E-state index contributed by atoms with van der Waals surface area (Å²) in [5.41, 5.74) is 0. The Morgan fingerprint density at radius 2 is 1.95 bits per heavy atom. The topological polar surface area (TPSA) is 64.4 Å². The average Bonchev–Trinajstić information content (AvgIpc) is 2.88. The third-order valence-electron chi connectivity index (χ3n) is 3.71. The first-order valence-electron chi connectivity index (χ1n) is 6.83. The average molecular weight is 281 g/mol. The van der Waals surface area contributed by atoms with E-state index in [0.717, 1.165) is 57.0 Å². The third kappa shape index (κ3) is 3.63. The molecule has 0 aliphatic carbocycles. The molecule has 6 heteroatoms. The monoisotopic (exact) mass is 281 g/mol. The van der Waals surface area contributed by atoms with Gasteiger partial charge in [0.05, 0.1) is 11.8 Å². The van der Waals surface area contributed by atoms with Gasteiger partial charge < -0.3 is 9.80 Å². The Balaban J connectivity index is 1.95. The Labute approximate surface area is 117 Å². The van der Waals surface area contributed by atoms with Gasteiger partial charge in [0.15, 0.2) is 0 Å². The molecule has 2 aliphatic heterocycles. The van der Waals surface area contributed by atoms with Crippen molar-refractivity contribution in [2.75, 3.05) is 26.2 Å². The quantitative estimate of drug-likeness (QED) is 0.729. The smallest absolute Gasteiger partial charge is 0.242 e. The van der Waals surface area contributed by atoms with Crippen LogP contribution in [-0.4, -0.2) is 53.0 Å². The van der Waals surface area contributed by atoms with E-state index in [2.05, 4.69) is 0 Å². The van der Waals surface area contributed by atoms with Gasteiger partial charge in [-0.25, -0.2) is 0 Å². The fourth-order valence-corrected chi connectivity index (χ4v) is 3.29. The van der Waals surface area contributed by atoms with Gasteiger partial charge >= 0.3 is 0 Å². The minimum absolute atomic E-state index is 0.0448. The summed E-state index contributed by atoms with van der Waals surface area (Å²) >= 11 is 1.03. The number of nitrogens with zero attached hydrogens (tertiary/aromatic N) is 3. The van der Waals surface area contributed by atoms with Crippen LogP contribution in [0.3, 0.4) is 0 Å². The molecule has 0 aromatic rings. The molecule has 1 unspecified atom stereocenters. The van der Waals surface area contributed by atoms with Gasteiger partial charge in [0.25, 0.3) is 0 Å². The van der Waals surface area contributed by atoms with Crippen LogP contribution in [0.25, 0.3) is 0 Å². The van der Waals surface area contributed by atoms with E-state index >= 15 is 0 Å². The highest BCUT2D eigenvalue weighted by Crippen LogP contribution is 2.22. The van der Waals surface area contributed by atoms with Crippen LogP contribution in [0.2, 0.25) is 0 Å². The van der Waals surface area contributed by atoms with E-state index in [1.54, 1.807) is 4.90 Å². The number of carbonyl (C=O) groups excluding carboxylic acids is 2. The zero-order chi connectivity index (χ0) is 13.7. The van der Waals surface area contributed by atoms with Crippen LogP contribution in [0.5, 0.6) is 0 Å². The lowest BCUT2D eigenvalue weighted by Gasteiger charge is -2.25. The number of carbonyl (C=O) groups is 2. The Kier molecular flexibility index (Phi) is 5.08. The first kappa shape index (κ1) is 14.2. The van der Waals surface area contributed by atoms with Crippen molar-refractivity contribution < 1.29 is 9.59 Å². The summed E-state index contributed by atoms with van der Waals surface area (Å²) < 4.78 is 0. The molecule has 2 amide bonds. The number of amides is 2. The van der Waals surface area contributed by atoms with E-state index in [1.165, 1.54) is 0 Å². The number of hydrogen-bond acceptors (Lipinski definition) is 4. The molecule has 0 radical (unpaired) electrons. The van der Waals surface area contributed by atoms with Crippen LogP contribution in [-0.2, 0) is 9.59 Å². The molecular weight excluding hydrogens is 262 g/mol. The minimum Gasteiger partial charge on any atom is -0.341 e. The maximum atomic E-state index is 12.3. The van der Waals surface area contributed by atoms with Crippen LogP contribution in [0.15, 0.2) is 0 Å². The second-order valence-corrected chi connectivity index (χ2v) is 6.03. The van der Waals surface area contributed by atoms with Crippen molar-refractivity contribution in [2.24, 2.45) is 0 Å². The van der Waals surface area contributed by atoms with Gasteiger partial charge in [0.1, 0.15) is 5.40 Å². The number of nitriles is 1. The second kappa shape index (κ2) is 6.80. The lowest BCUT2D eigenvalue weighted by Crippen LogP contribution is -2.44. The number of hydrogen-bond donors (Lipinski definition) is 0. The summed E-state index contributed by atoms with van der Waals surface area (Å²) in [5.74, 6) is 0.00468. The van der Waals surface area contributed by atoms with Crippen LogP contribution in [0.4, 0.5) is 0 Å².